The SMILES string of the molecule is CC(C)n1cnc(-c2ccc(F)cc2)c1-c1nc(C(=O)Nc2ccc(N3CCN(C)CC3)cc2F)co1. The summed E-state index contributed by atoms with van der Waals surface area (Å²) in [6, 6.07) is 10.8. The number of hydrogen-bond acceptors (Lipinski definition) is 6. The predicted molar refractivity (Wildman–Crippen MR) is 138 cm³/mol. The molecule has 3 heterocycles. The number of aromatic nitrogens is 3. The molecule has 0 spiro atoms. The molecule has 4 aromatic rings. The second-order valence-corrected chi connectivity index (χ2v) is 9.40. The number of piperazine rings is 1. The Bertz CT molecular complexity index is 1400. The van der Waals surface area contributed by atoms with Crippen molar-refractivity contribution in [2.75, 3.05) is 43.4 Å². The molecular formula is C27H28F2N6O2. The summed E-state index contributed by atoms with van der Waals surface area (Å²) in [5.74, 6) is -1.29. The number of carbonyl (C=O) groups excluding carboxylic acids is 1. The molecule has 2 aromatic carbocycles. The third kappa shape index (κ3) is 5.10. The van der Waals surface area contributed by atoms with Crippen molar-refractivity contribution in [3.8, 4) is 22.8 Å². The van der Waals surface area contributed by atoms with Crippen LogP contribution in [0.2, 0.25) is 0 Å². The fourth-order valence-corrected chi connectivity index (χ4v) is 4.32. The lowest BCUT2D eigenvalue weighted by atomic mass is 10.1. The van der Waals surface area contributed by atoms with Gasteiger partial charge in [-0.05, 0) is 63.4 Å². The Morgan fingerprint density at radius 2 is 1.78 bits per heavy atom. The summed E-state index contributed by atoms with van der Waals surface area (Å²) in [6.45, 7) is 7.41. The highest BCUT2D eigenvalue weighted by atomic mass is 19.1. The molecule has 1 amide bonds. The van der Waals surface area contributed by atoms with E-state index < -0.39 is 11.7 Å². The van der Waals surface area contributed by atoms with Gasteiger partial charge in [-0.1, -0.05) is 0 Å². The molecule has 0 radical (unpaired) electrons. The summed E-state index contributed by atoms with van der Waals surface area (Å²) >= 11 is 0. The van der Waals surface area contributed by atoms with Gasteiger partial charge in [-0.25, -0.2) is 18.7 Å². The van der Waals surface area contributed by atoms with E-state index in [1.807, 2.05) is 18.4 Å². The summed E-state index contributed by atoms with van der Waals surface area (Å²) in [5, 5.41) is 2.58. The number of imidazole rings is 1. The smallest absolute Gasteiger partial charge is 0.277 e. The average Bonchev–Trinajstić information content (AvgIpc) is 3.54. The Labute approximate surface area is 213 Å². The van der Waals surface area contributed by atoms with Crippen molar-refractivity contribution in [2.24, 2.45) is 0 Å². The standard InChI is InChI=1S/C27H28F2N6O2/c1-17(2)35-16-30-24(18-4-6-19(28)7-5-18)25(35)27-32-23(15-37-27)26(36)31-22-9-8-20(14-21(22)29)34-12-10-33(3)11-13-34/h4-9,14-17H,10-13H2,1-3H3,(H,31,36). The molecule has 192 valence electrons. The van der Waals surface area contributed by atoms with Crippen LogP contribution in [0.4, 0.5) is 20.2 Å². The number of amides is 1. The molecule has 8 nitrogen and oxygen atoms in total. The Morgan fingerprint density at radius 1 is 1.05 bits per heavy atom. The van der Waals surface area contributed by atoms with Crippen LogP contribution in [-0.4, -0.2) is 58.6 Å². The Kier molecular flexibility index (Phi) is 6.75. The third-order valence-corrected chi connectivity index (χ3v) is 6.48. The van der Waals surface area contributed by atoms with Gasteiger partial charge in [-0.15, -0.1) is 0 Å². The molecule has 1 aliphatic rings. The molecule has 0 saturated carbocycles. The van der Waals surface area contributed by atoms with Gasteiger partial charge >= 0.3 is 0 Å². The maximum atomic E-state index is 14.9. The Morgan fingerprint density at radius 3 is 2.46 bits per heavy atom. The molecule has 37 heavy (non-hydrogen) atoms. The number of oxazole rings is 1. The van der Waals surface area contributed by atoms with Crippen molar-refractivity contribution >= 4 is 17.3 Å². The molecule has 0 aliphatic carbocycles. The van der Waals surface area contributed by atoms with Gasteiger partial charge in [0.05, 0.1) is 12.0 Å². The highest BCUT2D eigenvalue weighted by molar-refractivity contribution is 6.03. The largest absolute Gasteiger partial charge is 0.442 e. The molecule has 1 saturated heterocycles. The average molecular weight is 507 g/mol. The topological polar surface area (TPSA) is 79.4 Å². The van der Waals surface area contributed by atoms with Crippen molar-refractivity contribution in [3.63, 3.8) is 0 Å². The minimum Gasteiger partial charge on any atom is -0.442 e. The number of likely N-dealkylation sites (N-methyl/N-ethyl adjacent to an activating group) is 1. The van der Waals surface area contributed by atoms with E-state index in [1.165, 1.54) is 24.5 Å². The first-order chi connectivity index (χ1) is 17.8. The number of anilines is 2. The molecule has 0 atom stereocenters. The highest BCUT2D eigenvalue weighted by Gasteiger charge is 2.23. The van der Waals surface area contributed by atoms with Crippen molar-refractivity contribution in [3.05, 3.63) is 72.4 Å². The number of nitrogens with zero attached hydrogens (tertiary/aromatic N) is 5. The van der Waals surface area contributed by atoms with Gasteiger partial charge in [-0.3, -0.25) is 4.79 Å². The second kappa shape index (κ2) is 10.1. The van der Waals surface area contributed by atoms with E-state index in [9.17, 15) is 13.6 Å². The van der Waals surface area contributed by atoms with Crippen LogP contribution in [0.1, 0.15) is 30.4 Å². The fourth-order valence-electron chi connectivity index (χ4n) is 4.32. The van der Waals surface area contributed by atoms with Gasteiger partial charge in [0.2, 0.25) is 5.89 Å². The van der Waals surface area contributed by atoms with Crippen LogP contribution in [0.25, 0.3) is 22.8 Å². The zero-order chi connectivity index (χ0) is 26.1. The van der Waals surface area contributed by atoms with Gasteiger partial charge in [0, 0.05) is 43.5 Å². The van der Waals surface area contributed by atoms with E-state index in [0.29, 0.717) is 17.0 Å². The van der Waals surface area contributed by atoms with Crippen molar-refractivity contribution in [1.29, 1.82) is 0 Å². The van der Waals surface area contributed by atoms with Crippen LogP contribution < -0.4 is 10.2 Å². The lowest BCUT2D eigenvalue weighted by Crippen LogP contribution is -2.44. The lowest BCUT2D eigenvalue weighted by molar-refractivity contribution is 0.102. The molecule has 1 N–H and O–H groups in total. The van der Waals surface area contributed by atoms with E-state index in [2.05, 4.69) is 32.1 Å². The number of halogens is 2. The summed E-state index contributed by atoms with van der Waals surface area (Å²) in [6.07, 6.45) is 2.88. The summed E-state index contributed by atoms with van der Waals surface area (Å²) in [4.78, 5) is 26.1. The molecule has 1 fully saturated rings. The van der Waals surface area contributed by atoms with Crippen LogP contribution in [0.3, 0.4) is 0 Å². The van der Waals surface area contributed by atoms with Gasteiger partial charge in [0.1, 0.15) is 29.3 Å². The Balaban J connectivity index is 1.37. The first-order valence-corrected chi connectivity index (χ1v) is 12.1. The molecule has 0 bridgehead atoms. The van der Waals surface area contributed by atoms with Gasteiger partial charge < -0.3 is 24.1 Å². The molecule has 0 unspecified atom stereocenters. The number of benzene rings is 2. The number of carbonyl (C=O) groups is 1. The van der Waals surface area contributed by atoms with Gasteiger partial charge in [-0.2, -0.15) is 0 Å². The van der Waals surface area contributed by atoms with Crippen molar-refractivity contribution < 1.29 is 18.0 Å². The summed E-state index contributed by atoms with van der Waals surface area (Å²) in [5.41, 5.74) is 2.63. The molecular weight excluding hydrogens is 478 g/mol. The maximum absolute atomic E-state index is 14.9. The van der Waals surface area contributed by atoms with Crippen molar-refractivity contribution in [1.82, 2.24) is 19.4 Å². The quantitative estimate of drug-likeness (QED) is 0.394. The number of rotatable bonds is 6. The lowest BCUT2D eigenvalue weighted by Gasteiger charge is -2.34. The first-order valence-electron chi connectivity index (χ1n) is 12.1. The molecule has 10 heteroatoms. The zero-order valence-electron chi connectivity index (χ0n) is 20.9. The third-order valence-electron chi connectivity index (χ3n) is 6.48. The van der Waals surface area contributed by atoms with Crippen LogP contribution in [-0.2, 0) is 0 Å². The van der Waals surface area contributed by atoms with Crippen molar-refractivity contribution in [2.45, 2.75) is 19.9 Å². The van der Waals surface area contributed by atoms with E-state index >= 15 is 0 Å². The zero-order valence-corrected chi connectivity index (χ0v) is 20.9. The summed E-state index contributed by atoms with van der Waals surface area (Å²) in [7, 11) is 2.06. The molecule has 5 rings (SSSR count). The normalized spacial score (nSPS) is 14.4. The summed E-state index contributed by atoms with van der Waals surface area (Å²) < 4.78 is 35.9. The van der Waals surface area contributed by atoms with Crippen LogP contribution in [0, 0.1) is 11.6 Å². The Hall–Kier alpha value is -4.05. The van der Waals surface area contributed by atoms with Crippen LogP contribution in [0.5, 0.6) is 0 Å². The molecule has 1 aliphatic heterocycles. The predicted octanol–water partition coefficient (Wildman–Crippen LogP) is 5.07. The van der Waals surface area contributed by atoms with Crippen LogP contribution >= 0.6 is 0 Å². The fraction of sp³-hybridized carbons (Fsp3) is 0.296. The highest BCUT2D eigenvalue weighted by Crippen LogP contribution is 2.33. The number of nitrogens with one attached hydrogen (secondary N) is 1. The van der Waals surface area contributed by atoms with E-state index in [-0.39, 0.29) is 29.1 Å². The van der Waals surface area contributed by atoms with E-state index in [0.717, 1.165) is 31.9 Å². The van der Waals surface area contributed by atoms with E-state index in [4.69, 9.17) is 4.42 Å². The first kappa shape index (κ1) is 24.6. The van der Waals surface area contributed by atoms with Gasteiger partial charge in [0.25, 0.3) is 5.91 Å². The number of hydrogen-bond donors (Lipinski definition) is 1. The minimum atomic E-state index is -0.597. The molecule has 2 aromatic heterocycles. The van der Waals surface area contributed by atoms with E-state index in [1.54, 1.807) is 30.6 Å². The second-order valence-electron chi connectivity index (χ2n) is 9.40. The van der Waals surface area contributed by atoms with Gasteiger partial charge in [0.15, 0.2) is 5.69 Å². The van der Waals surface area contributed by atoms with Crippen LogP contribution in [0.15, 0.2) is 59.5 Å². The minimum absolute atomic E-state index is 0.000827. The maximum Gasteiger partial charge on any atom is 0.277 e. The monoisotopic (exact) mass is 506 g/mol.